The van der Waals surface area contributed by atoms with E-state index >= 15 is 0 Å². The second-order valence-corrected chi connectivity index (χ2v) is 2.93. The summed E-state index contributed by atoms with van der Waals surface area (Å²) in [5.41, 5.74) is 0. The lowest BCUT2D eigenvalue weighted by atomic mass is 10.3. The number of hydrogen-bond donors (Lipinski definition) is 0. The molecule has 1 aromatic heterocycles. The van der Waals surface area contributed by atoms with Crippen LogP contribution in [-0.2, 0) is 4.74 Å². The maximum atomic E-state index is 12.8. The molecule has 0 atom stereocenters. The average molecular weight is 182 g/mol. The van der Waals surface area contributed by atoms with E-state index in [1.807, 2.05) is 4.90 Å². The highest BCUT2D eigenvalue weighted by Gasteiger charge is 2.12. The van der Waals surface area contributed by atoms with Gasteiger partial charge in [0.15, 0.2) is 0 Å². The Kier molecular flexibility index (Phi) is 2.40. The molecule has 70 valence electrons. The van der Waals surface area contributed by atoms with Gasteiger partial charge in [-0.15, -0.1) is 0 Å². The molecule has 0 radical (unpaired) electrons. The fourth-order valence-corrected chi connectivity index (χ4v) is 1.36. The number of ether oxygens (including phenoxy) is 1. The number of anilines is 1. The molecule has 13 heavy (non-hydrogen) atoms. The van der Waals surface area contributed by atoms with Crippen molar-refractivity contribution in [3.05, 3.63) is 24.1 Å². The Bertz CT molecular complexity index is 287. The van der Waals surface area contributed by atoms with Crippen molar-refractivity contribution in [3.8, 4) is 0 Å². The molecular formula is C9H11FN2O. The van der Waals surface area contributed by atoms with Crippen LogP contribution in [0.4, 0.5) is 10.2 Å². The van der Waals surface area contributed by atoms with Gasteiger partial charge in [-0.1, -0.05) is 0 Å². The molecule has 0 amide bonds. The number of rotatable bonds is 1. The highest BCUT2D eigenvalue weighted by Crippen LogP contribution is 2.12. The van der Waals surface area contributed by atoms with Crippen molar-refractivity contribution in [1.29, 1.82) is 0 Å². The molecule has 1 fully saturated rings. The first kappa shape index (κ1) is 8.44. The first-order chi connectivity index (χ1) is 6.36. The van der Waals surface area contributed by atoms with E-state index < -0.39 is 0 Å². The van der Waals surface area contributed by atoms with Gasteiger partial charge in [-0.2, -0.15) is 0 Å². The minimum absolute atomic E-state index is 0.239. The first-order valence-corrected chi connectivity index (χ1v) is 4.30. The third-order valence-corrected chi connectivity index (χ3v) is 2.04. The predicted octanol–water partition coefficient (Wildman–Crippen LogP) is 1.06. The van der Waals surface area contributed by atoms with Crippen LogP contribution in [0.5, 0.6) is 0 Å². The van der Waals surface area contributed by atoms with Gasteiger partial charge in [0.25, 0.3) is 0 Å². The second kappa shape index (κ2) is 3.70. The smallest absolute Gasteiger partial charge is 0.131 e. The Morgan fingerprint density at radius 2 is 2.15 bits per heavy atom. The second-order valence-electron chi connectivity index (χ2n) is 2.93. The molecule has 0 aliphatic carbocycles. The summed E-state index contributed by atoms with van der Waals surface area (Å²) in [6.07, 6.45) is 1.49. The van der Waals surface area contributed by atoms with E-state index in [2.05, 4.69) is 4.98 Å². The Morgan fingerprint density at radius 3 is 2.85 bits per heavy atom. The summed E-state index contributed by atoms with van der Waals surface area (Å²) >= 11 is 0. The summed E-state index contributed by atoms with van der Waals surface area (Å²) in [5.74, 6) is 0.458. The lowest BCUT2D eigenvalue weighted by Gasteiger charge is -2.27. The molecular weight excluding hydrogens is 171 g/mol. The van der Waals surface area contributed by atoms with E-state index in [9.17, 15) is 4.39 Å². The molecule has 1 aliphatic heterocycles. The van der Waals surface area contributed by atoms with Crippen LogP contribution in [0.2, 0.25) is 0 Å². The molecule has 1 saturated heterocycles. The fourth-order valence-electron chi connectivity index (χ4n) is 1.36. The summed E-state index contributed by atoms with van der Waals surface area (Å²) in [7, 11) is 0. The maximum Gasteiger partial charge on any atom is 0.131 e. The van der Waals surface area contributed by atoms with Gasteiger partial charge < -0.3 is 9.64 Å². The van der Waals surface area contributed by atoms with Gasteiger partial charge in [-0.3, -0.25) is 0 Å². The minimum atomic E-state index is -0.239. The van der Waals surface area contributed by atoms with Crippen LogP contribution in [0.25, 0.3) is 0 Å². The van der Waals surface area contributed by atoms with Crippen LogP contribution in [0.3, 0.4) is 0 Å². The standard InChI is InChI=1S/C9H11FN2O/c10-8-1-2-11-9(7-8)12-3-5-13-6-4-12/h1-2,7H,3-6H2. The van der Waals surface area contributed by atoms with Gasteiger partial charge in [-0.05, 0) is 6.07 Å². The van der Waals surface area contributed by atoms with Gasteiger partial charge in [0.05, 0.1) is 13.2 Å². The van der Waals surface area contributed by atoms with Crippen molar-refractivity contribution < 1.29 is 9.13 Å². The summed E-state index contributed by atoms with van der Waals surface area (Å²) in [4.78, 5) is 6.11. The lowest BCUT2D eigenvalue weighted by molar-refractivity contribution is 0.122. The van der Waals surface area contributed by atoms with Crippen molar-refractivity contribution in [3.63, 3.8) is 0 Å². The van der Waals surface area contributed by atoms with E-state index in [4.69, 9.17) is 4.74 Å². The summed E-state index contributed by atoms with van der Waals surface area (Å²) in [6.45, 7) is 2.96. The van der Waals surface area contributed by atoms with Crippen molar-refractivity contribution in [2.45, 2.75) is 0 Å². The Hall–Kier alpha value is -1.16. The molecule has 0 bridgehead atoms. The number of halogens is 1. The zero-order chi connectivity index (χ0) is 9.10. The Balaban J connectivity index is 2.14. The highest BCUT2D eigenvalue weighted by molar-refractivity contribution is 5.38. The normalized spacial score (nSPS) is 17.5. The molecule has 3 nitrogen and oxygen atoms in total. The van der Waals surface area contributed by atoms with Crippen LogP contribution in [0.1, 0.15) is 0 Å². The predicted molar refractivity (Wildman–Crippen MR) is 47.2 cm³/mol. The topological polar surface area (TPSA) is 25.4 Å². The zero-order valence-electron chi connectivity index (χ0n) is 7.24. The largest absolute Gasteiger partial charge is 0.378 e. The Labute approximate surface area is 76.1 Å². The quantitative estimate of drug-likeness (QED) is 0.649. The third kappa shape index (κ3) is 1.95. The number of aromatic nitrogens is 1. The molecule has 1 aromatic rings. The lowest BCUT2D eigenvalue weighted by Crippen LogP contribution is -2.36. The monoisotopic (exact) mass is 182 g/mol. The zero-order valence-corrected chi connectivity index (χ0v) is 7.24. The van der Waals surface area contributed by atoms with Crippen molar-refractivity contribution in [1.82, 2.24) is 4.98 Å². The van der Waals surface area contributed by atoms with Gasteiger partial charge in [0.1, 0.15) is 11.6 Å². The molecule has 0 aromatic carbocycles. The number of hydrogen-bond acceptors (Lipinski definition) is 3. The van der Waals surface area contributed by atoms with Crippen LogP contribution in [0.15, 0.2) is 18.3 Å². The van der Waals surface area contributed by atoms with E-state index in [0.717, 1.165) is 13.1 Å². The molecule has 0 N–H and O–H groups in total. The summed E-state index contributed by atoms with van der Waals surface area (Å²) < 4.78 is 18.0. The molecule has 4 heteroatoms. The molecule has 2 heterocycles. The molecule has 1 aliphatic rings. The molecule has 0 saturated carbocycles. The van der Waals surface area contributed by atoms with Crippen LogP contribution >= 0.6 is 0 Å². The van der Waals surface area contributed by atoms with Gasteiger partial charge >= 0.3 is 0 Å². The van der Waals surface area contributed by atoms with E-state index in [1.54, 1.807) is 0 Å². The van der Waals surface area contributed by atoms with E-state index in [1.165, 1.54) is 18.3 Å². The van der Waals surface area contributed by atoms with E-state index in [-0.39, 0.29) is 5.82 Å². The Morgan fingerprint density at radius 1 is 1.38 bits per heavy atom. The van der Waals surface area contributed by atoms with Gasteiger partial charge in [-0.25, -0.2) is 9.37 Å². The number of morpholine rings is 1. The van der Waals surface area contributed by atoms with Crippen molar-refractivity contribution >= 4 is 5.82 Å². The number of nitrogens with zero attached hydrogens (tertiary/aromatic N) is 2. The summed E-state index contributed by atoms with van der Waals surface area (Å²) in [5, 5.41) is 0. The van der Waals surface area contributed by atoms with Crippen LogP contribution in [-0.4, -0.2) is 31.3 Å². The van der Waals surface area contributed by atoms with Crippen molar-refractivity contribution in [2.75, 3.05) is 31.2 Å². The molecule has 0 unspecified atom stereocenters. The third-order valence-electron chi connectivity index (χ3n) is 2.04. The van der Waals surface area contributed by atoms with Crippen LogP contribution in [0, 0.1) is 5.82 Å². The van der Waals surface area contributed by atoms with Gasteiger partial charge in [0, 0.05) is 25.4 Å². The molecule has 2 rings (SSSR count). The molecule has 0 spiro atoms. The number of pyridine rings is 1. The first-order valence-electron chi connectivity index (χ1n) is 4.30. The maximum absolute atomic E-state index is 12.8. The van der Waals surface area contributed by atoms with E-state index in [0.29, 0.717) is 19.0 Å². The van der Waals surface area contributed by atoms with Gasteiger partial charge in [0.2, 0.25) is 0 Å². The highest BCUT2D eigenvalue weighted by atomic mass is 19.1. The average Bonchev–Trinajstić information content (AvgIpc) is 2.19. The fraction of sp³-hybridized carbons (Fsp3) is 0.444. The minimum Gasteiger partial charge on any atom is -0.378 e. The SMILES string of the molecule is Fc1ccnc(N2CCOCC2)c1. The van der Waals surface area contributed by atoms with Crippen LogP contribution < -0.4 is 4.90 Å². The van der Waals surface area contributed by atoms with Crippen molar-refractivity contribution in [2.24, 2.45) is 0 Å². The summed E-state index contributed by atoms with van der Waals surface area (Å²) in [6, 6.07) is 2.80.